The molecule has 1 N–H and O–H groups in total. The maximum Gasteiger partial charge on any atom is 0.0646 e. The van der Waals surface area contributed by atoms with E-state index in [1.807, 2.05) is 17.1 Å². The summed E-state index contributed by atoms with van der Waals surface area (Å²) in [5.41, 5.74) is 2.41. The molecule has 0 bridgehead atoms. The number of halogens is 1. The van der Waals surface area contributed by atoms with Gasteiger partial charge in [0.15, 0.2) is 0 Å². The van der Waals surface area contributed by atoms with Crippen LogP contribution in [0.1, 0.15) is 18.9 Å². The van der Waals surface area contributed by atoms with Crippen LogP contribution in [0, 0.1) is 3.57 Å². The lowest BCUT2D eigenvalue weighted by molar-refractivity contribution is 0.675. The Morgan fingerprint density at radius 3 is 2.65 bits per heavy atom. The second-order valence-corrected chi connectivity index (χ2v) is 5.19. The number of hydrogen-bond acceptors (Lipinski definition) is 2. The van der Waals surface area contributed by atoms with Gasteiger partial charge in [0.05, 0.1) is 15.5 Å². The fourth-order valence-electron chi connectivity index (χ4n) is 1.62. The van der Waals surface area contributed by atoms with Gasteiger partial charge in [-0.1, -0.05) is 19.1 Å². The van der Waals surface area contributed by atoms with Crippen LogP contribution in [0.3, 0.4) is 0 Å². The minimum atomic E-state index is 0.935. The molecule has 0 aliphatic rings. The second kappa shape index (κ2) is 6.16. The molecule has 17 heavy (non-hydrogen) atoms. The second-order valence-electron chi connectivity index (χ2n) is 3.95. The van der Waals surface area contributed by atoms with Crippen molar-refractivity contribution < 1.29 is 0 Å². The van der Waals surface area contributed by atoms with Crippen molar-refractivity contribution in [1.82, 2.24) is 15.1 Å². The highest BCUT2D eigenvalue weighted by atomic mass is 127. The number of rotatable bonds is 5. The Kier molecular flexibility index (Phi) is 4.56. The molecule has 0 atom stereocenters. The monoisotopic (exact) mass is 341 g/mol. The number of aromatic nitrogens is 2. The fraction of sp³-hybridized carbons (Fsp3) is 0.308. The van der Waals surface area contributed by atoms with Gasteiger partial charge in [-0.05, 0) is 53.3 Å². The highest BCUT2D eigenvalue weighted by Gasteiger charge is 1.99. The van der Waals surface area contributed by atoms with Gasteiger partial charge in [-0.3, -0.25) is 0 Å². The van der Waals surface area contributed by atoms with E-state index in [0.29, 0.717) is 0 Å². The first kappa shape index (κ1) is 12.6. The normalized spacial score (nSPS) is 10.7. The summed E-state index contributed by atoms with van der Waals surface area (Å²) in [6.45, 7) is 4.18. The zero-order chi connectivity index (χ0) is 12.1. The van der Waals surface area contributed by atoms with E-state index in [1.165, 1.54) is 12.0 Å². The molecule has 90 valence electrons. The van der Waals surface area contributed by atoms with Gasteiger partial charge >= 0.3 is 0 Å². The minimum absolute atomic E-state index is 0.935. The number of hydrogen-bond donors (Lipinski definition) is 1. The van der Waals surface area contributed by atoms with Gasteiger partial charge in [0, 0.05) is 12.7 Å². The maximum atomic E-state index is 4.28. The fourth-order valence-corrected chi connectivity index (χ4v) is 2.01. The summed E-state index contributed by atoms with van der Waals surface area (Å²) >= 11 is 2.26. The minimum Gasteiger partial charge on any atom is -0.313 e. The van der Waals surface area contributed by atoms with Crippen LogP contribution in [0.25, 0.3) is 5.69 Å². The van der Waals surface area contributed by atoms with Crippen molar-refractivity contribution in [3.8, 4) is 5.69 Å². The summed E-state index contributed by atoms with van der Waals surface area (Å²) in [5.74, 6) is 0. The van der Waals surface area contributed by atoms with Crippen molar-refractivity contribution in [2.75, 3.05) is 6.54 Å². The summed E-state index contributed by atoms with van der Waals surface area (Å²) in [7, 11) is 0. The lowest BCUT2D eigenvalue weighted by Crippen LogP contribution is -2.13. The molecule has 1 heterocycles. The predicted octanol–water partition coefficient (Wildman–Crippen LogP) is 2.98. The topological polar surface area (TPSA) is 29.9 Å². The van der Waals surface area contributed by atoms with E-state index in [9.17, 15) is 0 Å². The Hall–Kier alpha value is -0.880. The number of benzene rings is 1. The van der Waals surface area contributed by atoms with Crippen LogP contribution >= 0.6 is 22.6 Å². The molecule has 4 heteroatoms. The van der Waals surface area contributed by atoms with Gasteiger partial charge in [-0.25, -0.2) is 4.68 Å². The van der Waals surface area contributed by atoms with Gasteiger partial charge in [-0.2, -0.15) is 5.10 Å². The molecule has 3 nitrogen and oxygen atoms in total. The van der Waals surface area contributed by atoms with E-state index in [4.69, 9.17) is 0 Å². The smallest absolute Gasteiger partial charge is 0.0646 e. The van der Waals surface area contributed by atoms with Crippen molar-refractivity contribution in [1.29, 1.82) is 0 Å². The molecule has 0 spiro atoms. The van der Waals surface area contributed by atoms with Crippen molar-refractivity contribution in [2.24, 2.45) is 0 Å². The van der Waals surface area contributed by atoms with Crippen LogP contribution in [-0.2, 0) is 6.54 Å². The van der Waals surface area contributed by atoms with Crippen molar-refractivity contribution in [2.45, 2.75) is 19.9 Å². The van der Waals surface area contributed by atoms with Crippen molar-refractivity contribution >= 4 is 22.6 Å². The molecule has 0 aliphatic carbocycles. The van der Waals surface area contributed by atoms with Crippen LogP contribution in [-0.4, -0.2) is 16.3 Å². The average Bonchev–Trinajstić information content (AvgIpc) is 2.77. The van der Waals surface area contributed by atoms with E-state index < -0.39 is 0 Å². The summed E-state index contributed by atoms with van der Waals surface area (Å²) < 4.78 is 3.04. The van der Waals surface area contributed by atoms with Gasteiger partial charge in [0.1, 0.15) is 0 Å². The summed E-state index contributed by atoms with van der Waals surface area (Å²) in [4.78, 5) is 0. The maximum absolute atomic E-state index is 4.28. The third kappa shape index (κ3) is 3.54. The number of nitrogens with one attached hydrogen (secondary N) is 1. The quantitative estimate of drug-likeness (QED) is 0.669. The van der Waals surface area contributed by atoms with Gasteiger partial charge in [0.2, 0.25) is 0 Å². The van der Waals surface area contributed by atoms with E-state index in [2.05, 4.69) is 64.2 Å². The molecule has 1 aromatic carbocycles. The zero-order valence-corrected chi connectivity index (χ0v) is 12.0. The number of nitrogens with zero attached hydrogens (tertiary/aromatic N) is 2. The Labute approximate surface area is 115 Å². The summed E-state index contributed by atoms with van der Waals surface area (Å²) in [6, 6.07) is 8.50. The molecule has 0 aliphatic heterocycles. The van der Waals surface area contributed by atoms with Crippen LogP contribution in [0.15, 0.2) is 36.7 Å². The van der Waals surface area contributed by atoms with Crippen LogP contribution < -0.4 is 5.32 Å². The van der Waals surface area contributed by atoms with Gasteiger partial charge in [-0.15, -0.1) is 0 Å². The third-order valence-electron chi connectivity index (χ3n) is 2.51. The van der Waals surface area contributed by atoms with Crippen molar-refractivity contribution in [3.05, 3.63) is 45.8 Å². The molecule has 0 fully saturated rings. The van der Waals surface area contributed by atoms with Gasteiger partial charge in [0.25, 0.3) is 0 Å². The molecular formula is C13H16IN3. The highest BCUT2D eigenvalue weighted by Crippen LogP contribution is 2.11. The molecule has 0 saturated heterocycles. The Balaban J connectivity index is 2.02. The Morgan fingerprint density at radius 1 is 1.29 bits per heavy atom. The summed E-state index contributed by atoms with van der Waals surface area (Å²) in [6.07, 6.45) is 5.05. The van der Waals surface area contributed by atoms with E-state index in [-0.39, 0.29) is 0 Å². The first-order chi connectivity index (χ1) is 8.29. The van der Waals surface area contributed by atoms with Crippen LogP contribution in [0.5, 0.6) is 0 Å². The third-order valence-corrected chi connectivity index (χ3v) is 3.06. The first-order valence-electron chi connectivity index (χ1n) is 5.80. The molecule has 0 saturated carbocycles. The van der Waals surface area contributed by atoms with Crippen LogP contribution in [0.4, 0.5) is 0 Å². The SMILES string of the molecule is CCCNCc1ccc(-n2cc(I)cn2)cc1. The summed E-state index contributed by atoms with van der Waals surface area (Å²) in [5, 5.41) is 7.68. The molecule has 0 unspecified atom stereocenters. The Morgan fingerprint density at radius 2 is 2.06 bits per heavy atom. The molecule has 2 aromatic rings. The van der Waals surface area contributed by atoms with E-state index >= 15 is 0 Å². The average molecular weight is 341 g/mol. The molecule has 1 aromatic heterocycles. The lowest BCUT2D eigenvalue weighted by atomic mass is 10.2. The van der Waals surface area contributed by atoms with E-state index in [0.717, 1.165) is 22.3 Å². The standard InChI is InChI=1S/C13H16IN3/c1-2-7-15-8-11-3-5-13(6-4-11)17-10-12(14)9-16-17/h3-6,9-10,15H,2,7-8H2,1H3. The largest absolute Gasteiger partial charge is 0.313 e. The molecular weight excluding hydrogens is 325 g/mol. The molecule has 0 amide bonds. The highest BCUT2D eigenvalue weighted by molar-refractivity contribution is 14.1. The predicted molar refractivity (Wildman–Crippen MR) is 78.3 cm³/mol. The van der Waals surface area contributed by atoms with Crippen molar-refractivity contribution in [3.63, 3.8) is 0 Å². The zero-order valence-electron chi connectivity index (χ0n) is 9.86. The lowest BCUT2D eigenvalue weighted by Gasteiger charge is -2.05. The van der Waals surface area contributed by atoms with E-state index in [1.54, 1.807) is 0 Å². The Bertz CT molecular complexity index is 462. The molecule has 0 radical (unpaired) electrons. The molecule has 2 rings (SSSR count). The first-order valence-corrected chi connectivity index (χ1v) is 6.87. The van der Waals surface area contributed by atoms with Gasteiger partial charge < -0.3 is 5.32 Å². The van der Waals surface area contributed by atoms with Crippen LogP contribution in [0.2, 0.25) is 0 Å².